The second kappa shape index (κ2) is 3.26. The van der Waals surface area contributed by atoms with Gasteiger partial charge in [-0.15, -0.1) is 0 Å². The molecule has 5 heteroatoms. The lowest BCUT2D eigenvalue weighted by Crippen LogP contribution is -2.34. The van der Waals surface area contributed by atoms with Gasteiger partial charge in [-0.1, -0.05) is 19.9 Å². The number of hydrogen-bond acceptors (Lipinski definition) is 4. The zero-order valence-corrected chi connectivity index (χ0v) is 9.18. The Hall–Kier alpha value is -1.46. The van der Waals surface area contributed by atoms with E-state index in [1.807, 2.05) is 13.8 Å². The van der Waals surface area contributed by atoms with E-state index in [9.17, 15) is 15.2 Å². The zero-order chi connectivity index (χ0) is 12.1. The van der Waals surface area contributed by atoms with E-state index < -0.39 is 22.5 Å². The SMILES string of the molecule is CC1(C)c2ccc([N+](=O)[O-])cc2[C@@H](N)[C@@H]1O. The van der Waals surface area contributed by atoms with E-state index in [0.717, 1.165) is 5.56 Å². The Morgan fingerprint density at radius 1 is 1.50 bits per heavy atom. The molecule has 3 N–H and O–H groups in total. The number of rotatable bonds is 1. The summed E-state index contributed by atoms with van der Waals surface area (Å²) in [4.78, 5) is 10.2. The van der Waals surface area contributed by atoms with Crippen LogP contribution in [-0.4, -0.2) is 16.1 Å². The fourth-order valence-corrected chi connectivity index (χ4v) is 2.30. The number of nitrogens with zero attached hydrogens (tertiary/aromatic N) is 1. The van der Waals surface area contributed by atoms with Crippen molar-refractivity contribution in [3.63, 3.8) is 0 Å². The molecular formula is C11H14N2O3. The topological polar surface area (TPSA) is 89.4 Å². The summed E-state index contributed by atoms with van der Waals surface area (Å²) in [5.41, 5.74) is 6.98. The van der Waals surface area contributed by atoms with Crippen LogP contribution in [-0.2, 0) is 5.41 Å². The fraction of sp³-hybridized carbons (Fsp3) is 0.455. The molecule has 2 rings (SSSR count). The van der Waals surface area contributed by atoms with Gasteiger partial charge in [-0.05, 0) is 11.1 Å². The highest BCUT2D eigenvalue weighted by Crippen LogP contribution is 2.44. The normalized spacial score (nSPS) is 26.5. The summed E-state index contributed by atoms with van der Waals surface area (Å²) in [6.45, 7) is 3.77. The van der Waals surface area contributed by atoms with Crippen LogP contribution in [0.1, 0.15) is 31.0 Å². The molecule has 5 nitrogen and oxygen atoms in total. The van der Waals surface area contributed by atoms with Crippen LogP contribution in [0.15, 0.2) is 18.2 Å². The van der Waals surface area contributed by atoms with Crippen LogP contribution in [0.4, 0.5) is 5.69 Å². The maximum Gasteiger partial charge on any atom is 0.269 e. The van der Waals surface area contributed by atoms with Crippen molar-refractivity contribution in [2.75, 3.05) is 0 Å². The van der Waals surface area contributed by atoms with E-state index in [2.05, 4.69) is 0 Å². The van der Waals surface area contributed by atoms with Crippen molar-refractivity contribution >= 4 is 5.69 Å². The van der Waals surface area contributed by atoms with E-state index >= 15 is 0 Å². The van der Waals surface area contributed by atoms with Gasteiger partial charge in [0, 0.05) is 17.5 Å². The lowest BCUT2D eigenvalue weighted by molar-refractivity contribution is -0.384. The van der Waals surface area contributed by atoms with E-state index in [4.69, 9.17) is 5.73 Å². The number of nitro groups is 1. The first-order valence-electron chi connectivity index (χ1n) is 5.08. The number of benzene rings is 1. The molecule has 0 radical (unpaired) electrons. The van der Waals surface area contributed by atoms with Crippen molar-refractivity contribution in [1.82, 2.24) is 0 Å². The molecule has 0 saturated heterocycles. The molecule has 2 atom stereocenters. The third-order valence-corrected chi connectivity index (χ3v) is 3.38. The van der Waals surface area contributed by atoms with Gasteiger partial charge in [0.25, 0.3) is 5.69 Å². The largest absolute Gasteiger partial charge is 0.390 e. The quantitative estimate of drug-likeness (QED) is 0.552. The lowest BCUT2D eigenvalue weighted by atomic mass is 9.84. The van der Waals surface area contributed by atoms with Crippen molar-refractivity contribution in [3.05, 3.63) is 39.4 Å². The number of aliphatic hydroxyl groups excluding tert-OH is 1. The van der Waals surface area contributed by atoms with Crippen LogP contribution < -0.4 is 5.73 Å². The Bertz CT molecular complexity index is 457. The van der Waals surface area contributed by atoms with Gasteiger partial charge < -0.3 is 10.8 Å². The van der Waals surface area contributed by atoms with Gasteiger partial charge >= 0.3 is 0 Å². The van der Waals surface area contributed by atoms with Crippen LogP contribution in [0.5, 0.6) is 0 Å². The molecule has 1 aromatic carbocycles. The zero-order valence-electron chi connectivity index (χ0n) is 9.18. The summed E-state index contributed by atoms with van der Waals surface area (Å²) in [5.74, 6) is 0. The minimum atomic E-state index is -0.704. The second-order valence-electron chi connectivity index (χ2n) is 4.72. The summed E-state index contributed by atoms with van der Waals surface area (Å²) in [7, 11) is 0. The Kier molecular flexibility index (Phi) is 2.25. The number of fused-ring (bicyclic) bond motifs is 1. The van der Waals surface area contributed by atoms with Gasteiger partial charge in [-0.2, -0.15) is 0 Å². The molecule has 16 heavy (non-hydrogen) atoms. The molecule has 0 amide bonds. The average molecular weight is 222 g/mol. The minimum Gasteiger partial charge on any atom is -0.390 e. The summed E-state index contributed by atoms with van der Waals surface area (Å²) in [6.07, 6.45) is -0.704. The van der Waals surface area contributed by atoms with Crippen molar-refractivity contribution < 1.29 is 10.0 Å². The molecule has 0 saturated carbocycles. The lowest BCUT2D eigenvalue weighted by Gasteiger charge is -2.25. The van der Waals surface area contributed by atoms with Crippen molar-refractivity contribution in [2.24, 2.45) is 5.73 Å². The molecule has 0 aliphatic heterocycles. The van der Waals surface area contributed by atoms with Gasteiger partial charge in [0.1, 0.15) is 0 Å². The molecule has 1 aliphatic rings. The van der Waals surface area contributed by atoms with Crippen molar-refractivity contribution in [3.8, 4) is 0 Å². The van der Waals surface area contributed by atoms with Crippen LogP contribution in [0.3, 0.4) is 0 Å². The molecule has 0 aromatic heterocycles. The third-order valence-electron chi connectivity index (χ3n) is 3.38. The van der Waals surface area contributed by atoms with Crippen LogP contribution in [0.25, 0.3) is 0 Å². The molecule has 0 fully saturated rings. The average Bonchev–Trinajstić information content (AvgIpc) is 2.40. The van der Waals surface area contributed by atoms with Crippen LogP contribution in [0, 0.1) is 10.1 Å². The Labute approximate surface area is 93.0 Å². The number of aliphatic hydroxyl groups is 1. The van der Waals surface area contributed by atoms with Gasteiger partial charge in [0.05, 0.1) is 17.1 Å². The number of nitro benzene ring substituents is 1. The third kappa shape index (κ3) is 1.32. The van der Waals surface area contributed by atoms with E-state index in [1.54, 1.807) is 6.07 Å². The van der Waals surface area contributed by atoms with Crippen molar-refractivity contribution in [2.45, 2.75) is 31.4 Å². The van der Waals surface area contributed by atoms with Gasteiger partial charge in [-0.25, -0.2) is 0 Å². The molecule has 0 bridgehead atoms. The second-order valence-corrected chi connectivity index (χ2v) is 4.72. The summed E-state index contributed by atoms with van der Waals surface area (Å²) in [6, 6.07) is 4.04. The van der Waals surface area contributed by atoms with Crippen LogP contribution in [0.2, 0.25) is 0 Å². The molecule has 0 spiro atoms. The summed E-state index contributed by atoms with van der Waals surface area (Å²) >= 11 is 0. The number of hydrogen-bond donors (Lipinski definition) is 2. The molecule has 86 valence electrons. The van der Waals surface area contributed by atoms with E-state index in [-0.39, 0.29) is 5.69 Å². The molecule has 0 heterocycles. The highest BCUT2D eigenvalue weighted by molar-refractivity contribution is 5.49. The van der Waals surface area contributed by atoms with Gasteiger partial charge in [0.2, 0.25) is 0 Å². The van der Waals surface area contributed by atoms with Gasteiger partial charge in [0.15, 0.2) is 0 Å². The standard InChI is InChI=1S/C11H14N2O3/c1-11(2)8-4-3-6(13(15)16)5-7(8)9(12)10(11)14/h3-5,9-10,14H,12H2,1-2H3/t9-,10+/m1/s1. The van der Waals surface area contributed by atoms with Gasteiger partial charge in [-0.3, -0.25) is 10.1 Å². The Balaban J connectivity index is 2.59. The first-order chi connectivity index (χ1) is 7.35. The van der Waals surface area contributed by atoms with E-state index in [0.29, 0.717) is 5.56 Å². The highest BCUT2D eigenvalue weighted by Gasteiger charge is 2.44. The predicted molar refractivity (Wildman–Crippen MR) is 59.1 cm³/mol. The Morgan fingerprint density at radius 3 is 2.69 bits per heavy atom. The fourth-order valence-electron chi connectivity index (χ4n) is 2.30. The maximum absolute atomic E-state index is 10.7. The summed E-state index contributed by atoms with van der Waals surface area (Å²) < 4.78 is 0. The number of nitrogens with two attached hydrogens (primary N) is 1. The first kappa shape index (κ1) is 11.0. The number of non-ortho nitro benzene ring substituents is 1. The van der Waals surface area contributed by atoms with Crippen LogP contribution >= 0.6 is 0 Å². The summed E-state index contributed by atoms with van der Waals surface area (Å²) in [5, 5.41) is 20.6. The van der Waals surface area contributed by atoms with Crippen molar-refractivity contribution in [1.29, 1.82) is 0 Å². The highest BCUT2D eigenvalue weighted by atomic mass is 16.6. The molecule has 0 unspecified atom stereocenters. The monoisotopic (exact) mass is 222 g/mol. The smallest absolute Gasteiger partial charge is 0.269 e. The molecule has 1 aromatic rings. The Morgan fingerprint density at radius 2 is 2.12 bits per heavy atom. The predicted octanol–water partition coefficient (Wildman–Crippen LogP) is 1.25. The molecular weight excluding hydrogens is 208 g/mol. The first-order valence-corrected chi connectivity index (χ1v) is 5.08. The maximum atomic E-state index is 10.7. The van der Waals surface area contributed by atoms with E-state index in [1.165, 1.54) is 12.1 Å². The minimum absolute atomic E-state index is 0.0131. The molecule has 1 aliphatic carbocycles.